The summed E-state index contributed by atoms with van der Waals surface area (Å²) in [6.07, 6.45) is 1.71. The van der Waals surface area contributed by atoms with Gasteiger partial charge in [-0.2, -0.15) is 0 Å². The van der Waals surface area contributed by atoms with E-state index in [0.29, 0.717) is 11.2 Å². The van der Waals surface area contributed by atoms with Crippen LogP contribution in [0.3, 0.4) is 0 Å². The Morgan fingerprint density at radius 1 is 1.40 bits per heavy atom. The van der Waals surface area contributed by atoms with Gasteiger partial charge in [0.05, 0.1) is 10.6 Å². The molecule has 0 radical (unpaired) electrons. The predicted octanol–water partition coefficient (Wildman–Crippen LogP) is 4.18. The van der Waals surface area contributed by atoms with Crippen molar-refractivity contribution in [2.24, 2.45) is 0 Å². The van der Waals surface area contributed by atoms with E-state index < -0.39 is 0 Å². The molecule has 0 unspecified atom stereocenters. The zero-order valence-corrected chi connectivity index (χ0v) is 16.0. The molecule has 4 heterocycles. The number of thiophene rings is 2. The van der Waals surface area contributed by atoms with E-state index in [4.69, 9.17) is 4.98 Å². The van der Waals surface area contributed by atoms with Crippen LogP contribution < -0.4 is 5.56 Å². The number of nitrogens with one attached hydrogen (secondary N) is 1. The average molecular weight is 390 g/mol. The third kappa shape index (κ3) is 3.03. The van der Waals surface area contributed by atoms with E-state index in [0.717, 1.165) is 27.0 Å². The molecule has 4 aromatic heterocycles. The van der Waals surface area contributed by atoms with E-state index in [9.17, 15) is 4.79 Å². The van der Waals surface area contributed by atoms with Crippen molar-refractivity contribution < 1.29 is 0 Å². The highest BCUT2D eigenvalue weighted by atomic mass is 32.2. The maximum Gasteiger partial charge on any atom is 0.260 e. The second-order valence-electron chi connectivity index (χ2n) is 5.42. The summed E-state index contributed by atoms with van der Waals surface area (Å²) >= 11 is 4.67. The quantitative estimate of drug-likeness (QED) is 0.518. The lowest BCUT2D eigenvalue weighted by atomic mass is 10.2. The predicted molar refractivity (Wildman–Crippen MR) is 104 cm³/mol. The van der Waals surface area contributed by atoms with Gasteiger partial charge in [0.25, 0.3) is 5.56 Å². The van der Waals surface area contributed by atoms with Crippen molar-refractivity contribution in [3.63, 3.8) is 0 Å². The average Bonchev–Trinajstić information content (AvgIpc) is 3.34. The van der Waals surface area contributed by atoms with Gasteiger partial charge in [0.2, 0.25) is 0 Å². The molecule has 0 amide bonds. The topological polar surface area (TPSA) is 76.5 Å². The van der Waals surface area contributed by atoms with Gasteiger partial charge in [0.1, 0.15) is 17.0 Å². The fraction of sp³-hybridized carbons (Fsp3) is 0.250. The van der Waals surface area contributed by atoms with E-state index in [2.05, 4.69) is 15.2 Å². The molecule has 1 atom stereocenters. The number of fused-ring (bicyclic) bond motifs is 1. The number of aromatic nitrogens is 5. The summed E-state index contributed by atoms with van der Waals surface area (Å²) in [5.74, 6) is 0.660. The number of hydrogen-bond donors (Lipinski definition) is 1. The van der Waals surface area contributed by atoms with E-state index in [1.807, 2.05) is 41.3 Å². The van der Waals surface area contributed by atoms with Crippen molar-refractivity contribution in [1.29, 1.82) is 0 Å². The van der Waals surface area contributed by atoms with Crippen LogP contribution in [0.1, 0.15) is 24.9 Å². The minimum atomic E-state index is -0.0888. The van der Waals surface area contributed by atoms with Crippen LogP contribution in [0.4, 0.5) is 0 Å². The molecular weight excluding hydrogens is 374 g/mol. The highest BCUT2D eigenvalue weighted by Gasteiger charge is 2.18. The molecule has 0 bridgehead atoms. The van der Waals surface area contributed by atoms with Crippen molar-refractivity contribution in [2.75, 3.05) is 0 Å². The summed E-state index contributed by atoms with van der Waals surface area (Å²) in [4.78, 5) is 22.2. The van der Waals surface area contributed by atoms with Crippen molar-refractivity contribution in [3.05, 3.63) is 45.4 Å². The number of aromatic amines is 1. The van der Waals surface area contributed by atoms with Crippen LogP contribution in [0.2, 0.25) is 0 Å². The normalized spacial score (nSPS) is 12.7. The number of thioether (sulfide) groups is 1. The second-order valence-corrected chi connectivity index (χ2v) is 8.53. The lowest BCUT2D eigenvalue weighted by Crippen LogP contribution is -2.12. The molecule has 0 aromatic carbocycles. The number of H-pyrrole nitrogens is 1. The monoisotopic (exact) mass is 389 g/mol. The first-order chi connectivity index (χ1) is 12.2. The molecule has 128 valence electrons. The molecule has 6 nitrogen and oxygen atoms in total. The number of hydrogen-bond acceptors (Lipinski definition) is 7. The van der Waals surface area contributed by atoms with Gasteiger partial charge in [-0.05, 0) is 25.3 Å². The largest absolute Gasteiger partial charge is 0.309 e. The SMILES string of the molecule is CCn1cnnc1S[C@H](C)c1nc2scc(-c3cccs3)c2c(=O)[nH]1. The van der Waals surface area contributed by atoms with Crippen LogP contribution >= 0.6 is 34.4 Å². The van der Waals surface area contributed by atoms with Gasteiger partial charge < -0.3 is 9.55 Å². The summed E-state index contributed by atoms with van der Waals surface area (Å²) in [6.45, 7) is 4.86. The van der Waals surface area contributed by atoms with E-state index in [1.165, 1.54) is 23.1 Å². The third-order valence-electron chi connectivity index (χ3n) is 3.84. The van der Waals surface area contributed by atoms with Crippen LogP contribution in [0.25, 0.3) is 20.7 Å². The molecule has 4 aromatic rings. The molecule has 0 aliphatic carbocycles. The molecular formula is C16H15N5OS3. The number of rotatable bonds is 5. The fourth-order valence-corrected chi connectivity index (χ4v) is 5.25. The first-order valence-electron chi connectivity index (χ1n) is 7.77. The van der Waals surface area contributed by atoms with Crippen molar-refractivity contribution in [1.82, 2.24) is 24.7 Å². The first-order valence-corrected chi connectivity index (χ1v) is 10.4. The lowest BCUT2D eigenvalue weighted by molar-refractivity contribution is 0.679. The highest BCUT2D eigenvalue weighted by molar-refractivity contribution is 7.99. The molecule has 0 spiro atoms. The van der Waals surface area contributed by atoms with Crippen LogP contribution in [0.15, 0.2) is 39.2 Å². The molecule has 0 aliphatic rings. The van der Waals surface area contributed by atoms with Crippen molar-refractivity contribution >= 4 is 44.7 Å². The van der Waals surface area contributed by atoms with Crippen molar-refractivity contribution in [3.8, 4) is 10.4 Å². The Labute approximate surface area is 156 Å². The van der Waals surface area contributed by atoms with Crippen LogP contribution in [-0.2, 0) is 6.54 Å². The van der Waals surface area contributed by atoms with Gasteiger partial charge in [0.15, 0.2) is 5.16 Å². The van der Waals surface area contributed by atoms with Crippen LogP contribution in [0, 0.1) is 0 Å². The Morgan fingerprint density at radius 3 is 3.04 bits per heavy atom. The number of nitrogens with zero attached hydrogens (tertiary/aromatic N) is 4. The van der Waals surface area contributed by atoms with Gasteiger partial charge in [-0.15, -0.1) is 32.9 Å². The molecule has 25 heavy (non-hydrogen) atoms. The summed E-state index contributed by atoms with van der Waals surface area (Å²) < 4.78 is 1.97. The van der Waals surface area contributed by atoms with Crippen molar-refractivity contribution in [2.45, 2.75) is 30.8 Å². The third-order valence-corrected chi connectivity index (χ3v) is 6.72. The first kappa shape index (κ1) is 16.5. The number of aryl methyl sites for hydroxylation is 1. The second kappa shape index (κ2) is 6.74. The molecule has 0 saturated heterocycles. The van der Waals surface area contributed by atoms with Crippen LogP contribution in [-0.4, -0.2) is 24.7 Å². The minimum Gasteiger partial charge on any atom is -0.309 e. The van der Waals surface area contributed by atoms with Gasteiger partial charge >= 0.3 is 0 Å². The fourth-order valence-electron chi connectivity index (χ4n) is 2.54. The van der Waals surface area contributed by atoms with Gasteiger partial charge in [-0.1, -0.05) is 17.8 Å². The zero-order chi connectivity index (χ0) is 17.4. The maximum absolute atomic E-state index is 12.7. The molecule has 0 saturated carbocycles. The maximum atomic E-state index is 12.7. The zero-order valence-electron chi connectivity index (χ0n) is 13.6. The summed E-state index contributed by atoms with van der Waals surface area (Å²) in [5.41, 5.74) is 0.871. The van der Waals surface area contributed by atoms with E-state index in [-0.39, 0.29) is 10.8 Å². The van der Waals surface area contributed by atoms with E-state index >= 15 is 0 Å². The summed E-state index contributed by atoms with van der Waals surface area (Å²) in [7, 11) is 0. The Kier molecular flexibility index (Phi) is 4.45. The molecule has 0 aliphatic heterocycles. The minimum absolute atomic E-state index is 0.0288. The Morgan fingerprint density at radius 2 is 2.28 bits per heavy atom. The molecule has 0 fully saturated rings. The molecule has 9 heteroatoms. The smallest absolute Gasteiger partial charge is 0.260 e. The van der Waals surface area contributed by atoms with Gasteiger partial charge in [-0.25, -0.2) is 4.98 Å². The Balaban J connectivity index is 1.71. The Bertz CT molecular complexity index is 1060. The summed E-state index contributed by atoms with van der Waals surface area (Å²) in [6, 6.07) is 4.01. The lowest BCUT2D eigenvalue weighted by Gasteiger charge is -2.10. The van der Waals surface area contributed by atoms with E-state index in [1.54, 1.807) is 17.7 Å². The standard InChI is InChI=1S/C16H15N5OS3/c1-3-21-8-17-20-16(21)25-9(2)13-18-14(22)12-10(7-24-15(12)19-13)11-5-4-6-23-11/h4-9H,3H2,1-2H3,(H,18,19,22)/t9-/m1/s1. The van der Waals surface area contributed by atoms with Crippen LogP contribution in [0.5, 0.6) is 0 Å². The van der Waals surface area contributed by atoms with Gasteiger partial charge in [0, 0.05) is 22.4 Å². The molecule has 4 rings (SSSR count). The Hall–Kier alpha value is -1.97. The molecule has 1 N–H and O–H groups in total. The highest BCUT2D eigenvalue weighted by Crippen LogP contribution is 2.36. The van der Waals surface area contributed by atoms with Gasteiger partial charge in [-0.3, -0.25) is 4.79 Å². The summed E-state index contributed by atoms with van der Waals surface area (Å²) in [5, 5.41) is 13.6.